The van der Waals surface area contributed by atoms with Crippen LogP contribution in [0.25, 0.3) is 16.9 Å². The van der Waals surface area contributed by atoms with Gasteiger partial charge in [0.2, 0.25) is 0 Å². The van der Waals surface area contributed by atoms with Gasteiger partial charge in [-0.3, -0.25) is 14.2 Å². The quantitative estimate of drug-likeness (QED) is 0.113. The number of aromatic nitrogens is 3. The third kappa shape index (κ3) is 19.3. The fraction of sp³-hybridized carbons (Fsp3) is 0.395. The van der Waals surface area contributed by atoms with Crippen molar-refractivity contribution in [3.05, 3.63) is 110 Å². The second-order valence-electron chi connectivity index (χ2n) is 10.9. The number of aryl methyl sites for hydroxylation is 3. The third-order valence-corrected chi connectivity index (χ3v) is 7.51. The number of aliphatic hydroxyl groups is 1. The first-order valence-electron chi connectivity index (χ1n) is 17.5. The molecule has 1 radical (unpaired) electrons. The van der Waals surface area contributed by atoms with Crippen LogP contribution in [0.15, 0.2) is 48.9 Å². The van der Waals surface area contributed by atoms with Crippen molar-refractivity contribution in [1.82, 2.24) is 14.4 Å². The maximum absolute atomic E-state index is 14.5. The summed E-state index contributed by atoms with van der Waals surface area (Å²) in [4.78, 5) is 30.0. The second kappa shape index (κ2) is 33.2. The van der Waals surface area contributed by atoms with Gasteiger partial charge in [-0.05, 0) is 57.2 Å². The number of fused-ring (bicyclic) bond motifs is 1. The Morgan fingerprint density at radius 3 is 2.25 bits per heavy atom. The molecule has 2 aromatic heterocycles. The van der Waals surface area contributed by atoms with E-state index >= 15 is 0 Å². The zero-order valence-corrected chi connectivity index (χ0v) is 38.8. The van der Waals surface area contributed by atoms with Gasteiger partial charge in [0.1, 0.15) is 12.4 Å². The normalized spacial score (nSPS) is 9.40. The van der Waals surface area contributed by atoms with Crippen LogP contribution >= 0.6 is 0 Å². The molecule has 7 nitrogen and oxygen atoms in total. The molecule has 0 aliphatic carbocycles. The van der Waals surface area contributed by atoms with Gasteiger partial charge in [0.05, 0.1) is 23.9 Å². The average Bonchev–Trinajstić information content (AvgIpc) is 3.58. The Bertz CT molecular complexity index is 1660. The maximum atomic E-state index is 14.5. The summed E-state index contributed by atoms with van der Waals surface area (Å²) >= 11 is 0. The number of ketones is 1. The summed E-state index contributed by atoms with van der Waals surface area (Å²) in [5, 5.41) is 8.01. The Kier molecular flexibility index (Phi) is 34.6. The van der Waals surface area contributed by atoms with Crippen molar-refractivity contribution in [2.75, 3.05) is 13.2 Å². The van der Waals surface area contributed by atoms with Gasteiger partial charge in [-0.2, -0.15) is 31.7 Å². The van der Waals surface area contributed by atoms with Gasteiger partial charge in [0.25, 0.3) is 0 Å². The van der Waals surface area contributed by atoms with E-state index in [2.05, 4.69) is 49.5 Å². The second-order valence-corrected chi connectivity index (χ2v) is 10.9. The number of nitrogens with zero attached hydrogens (tertiary/aromatic N) is 3. The number of ether oxygens (including phenoxy) is 1. The molecule has 0 bridgehead atoms. The molecule has 0 amide bonds. The van der Waals surface area contributed by atoms with Crippen LogP contribution in [0.1, 0.15) is 94.7 Å². The van der Waals surface area contributed by atoms with Gasteiger partial charge in [-0.25, -0.2) is 9.37 Å². The molecular formula is C43H57FN3O4Y2-2. The van der Waals surface area contributed by atoms with Crippen molar-refractivity contribution < 1.29 is 89.2 Å². The van der Waals surface area contributed by atoms with Gasteiger partial charge in [0.15, 0.2) is 17.2 Å². The van der Waals surface area contributed by atoms with Gasteiger partial charge in [-0.15, -0.1) is 29.2 Å². The first-order valence-corrected chi connectivity index (χ1v) is 17.5. The fourth-order valence-corrected chi connectivity index (χ4v) is 4.52. The van der Waals surface area contributed by atoms with E-state index < -0.39 is 0 Å². The van der Waals surface area contributed by atoms with Gasteiger partial charge in [-0.1, -0.05) is 52.7 Å². The Balaban J connectivity index is -0.000000704. The van der Waals surface area contributed by atoms with E-state index in [-0.39, 0.29) is 102 Å². The first-order chi connectivity index (χ1) is 24.6. The van der Waals surface area contributed by atoms with E-state index in [1.165, 1.54) is 5.56 Å². The van der Waals surface area contributed by atoms with E-state index in [0.717, 1.165) is 41.0 Å². The Hall–Kier alpha value is -2.14. The largest absolute Gasteiger partial charge is 3.00 e. The molecule has 0 spiro atoms. The minimum atomic E-state index is -0.374. The van der Waals surface area contributed by atoms with Gasteiger partial charge >= 0.3 is 32.7 Å². The molecule has 283 valence electrons. The summed E-state index contributed by atoms with van der Waals surface area (Å²) in [7, 11) is 0. The van der Waals surface area contributed by atoms with Crippen molar-refractivity contribution in [1.29, 1.82) is 0 Å². The predicted octanol–water partition coefficient (Wildman–Crippen LogP) is 9.42. The molecule has 0 aliphatic rings. The van der Waals surface area contributed by atoms with E-state index in [4.69, 9.17) is 9.84 Å². The third-order valence-electron chi connectivity index (χ3n) is 7.51. The van der Waals surface area contributed by atoms with Crippen LogP contribution in [0, 0.1) is 71.5 Å². The number of halogens is 1. The smallest absolute Gasteiger partial charge is 0.478 e. The van der Waals surface area contributed by atoms with Crippen LogP contribution in [-0.4, -0.2) is 44.8 Å². The topological polar surface area (TPSA) is 93.8 Å². The molecule has 0 fully saturated rings. The number of imidazole rings is 1. The van der Waals surface area contributed by atoms with Gasteiger partial charge < -0.3 is 41.8 Å². The monoisotopic (exact) mass is 876 g/mol. The SMILES string of the molecule is CC.CC#CCOc1ccc(-c2cnc3c(C)nccn23)c(C)c1F.CC[CH-]CO.CCc1ccc([C-]=O)c(C)c1.[CH2-]CCC(=O)C(C[CH2-])C[CH2-].[Y+3].[Y]. The number of unbranched alkanes of at least 4 members (excludes halogenated alkanes) is 1. The van der Waals surface area contributed by atoms with Crippen LogP contribution in [0.5, 0.6) is 5.75 Å². The summed E-state index contributed by atoms with van der Waals surface area (Å²) in [5.41, 5.74) is 6.65. The van der Waals surface area contributed by atoms with Crippen molar-refractivity contribution in [2.45, 2.75) is 93.9 Å². The van der Waals surface area contributed by atoms with Crippen LogP contribution in [0.4, 0.5) is 4.39 Å². The number of rotatable bonds is 12. The van der Waals surface area contributed by atoms with Crippen molar-refractivity contribution >= 4 is 17.7 Å². The molecule has 0 saturated carbocycles. The Labute approximate surface area is 369 Å². The number of hydrogen-bond acceptors (Lipinski definition) is 6. The minimum absolute atomic E-state index is 0. The predicted molar refractivity (Wildman–Crippen MR) is 208 cm³/mol. The fourth-order valence-electron chi connectivity index (χ4n) is 4.52. The van der Waals surface area contributed by atoms with E-state index in [9.17, 15) is 14.0 Å². The summed E-state index contributed by atoms with van der Waals surface area (Å²) in [6, 6.07) is 9.28. The molecule has 2 heterocycles. The number of benzene rings is 2. The molecule has 1 N–H and O–H groups in total. The number of carbonyl (C=O) groups is 1. The zero-order valence-electron chi connectivity index (χ0n) is 33.1. The molecular weight excluding hydrogens is 819 g/mol. The van der Waals surface area contributed by atoms with E-state index in [1.807, 2.05) is 75.8 Å². The van der Waals surface area contributed by atoms with E-state index in [1.54, 1.807) is 38.7 Å². The van der Waals surface area contributed by atoms with Crippen LogP contribution < -0.4 is 4.74 Å². The number of hydrogen-bond donors (Lipinski definition) is 1. The van der Waals surface area contributed by atoms with Crippen molar-refractivity contribution in [2.24, 2.45) is 5.92 Å². The van der Waals surface area contributed by atoms with Crippen LogP contribution in [0.3, 0.4) is 0 Å². The molecule has 4 rings (SSSR count). The number of carbonyl (C=O) groups excluding carboxylic acids is 2. The minimum Gasteiger partial charge on any atom is -0.478 e. The zero-order chi connectivity index (χ0) is 38.8. The van der Waals surface area contributed by atoms with Crippen molar-refractivity contribution in [3.63, 3.8) is 0 Å². The molecule has 0 atom stereocenters. The summed E-state index contributed by atoms with van der Waals surface area (Å²) < 4.78 is 21.8. The molecule has 0 saturated heterocycles. The Morgan fingerprint density at radius 2 is 1.75 bits per heavy atom. The molecule has 0 aliphatic heterocycles. The van der Waals surface area contributed by atoms with E-state index in [0.29, 0.717) is 36.8 Å². The number of Topliss-reactive ketones (excluding diaryl/α,β-unsaturated/α-hetero) is 1. The first kappa shape index (κ1) is 55.2. The summed E-state index contributed by atoms with van der Waals surface area (Å²) in [6.45, 7) is 26.7. The number of aliphatic hydroxyl groups excluding tert-OH is 1. The average molecular weight is 877 g/mol. The van der Waals surface area contributed by atoms with Crippen molar-refractivity contribution in [3.8, 4) is 28.8 Å². The van der Waals surface area contributed by atoms with Crippen LogP contribution in [-0.2, 0) is 81.4 Å². The standard InChI is InChI=1S/C18H16FN3O.C10H11O.C9H15O.C4H9O.C2H6.2Y/c1-4-5-10-23-16-7-6-14(12(2)17(16)19)15-11-21-18-13(3)20-8-9-22(15)18;1-3-9-4-5-10(7-11)8(2)6-9;1-4-7-9(10)8(5-2)6-3;1-2-3-4-5;1-2;;/h6-9,11H,10H2,1-3H3;4-6H,3H2,1-2H3;8H,1-7H2;3,5H,2,4H2,1H3;1-2H3;;/q;-1;-3;-1;;;+3. The molecule has 10 heteroatoms. The molecule has 0 unspecified atom stereocenters. The van der Waals surface area contributed by atoms with Crippen LogP contribution in [0.2, 0.25) is 0 Å². The maximum Gasteiger partial charge on any atom is 3.00 e. The Morgan fingerprint density at radius 1 is 1.09 bits per heavy atom. The molecule has 53 heavy (non-hydrogen) atoms. The summed E-state index contributed by atoms with van der Waals surface area (Å²) in [6.07, 6.45) is 13.6. The molecule has 2 aromatic carbocycles. The summed E-state index contributed by atoms with van der Waals surface area (Å²) in [5.74, 6) is 5.64. The van der Waals surface area contributed by atoms with Gasteiger partial charge in [0, 0.05) is 50.7 Å². The molecule has 4 aromatic rings.